The van der Waals surface area contributed by atoms with Crippen LogP contribution in [0.3, 0.4) is 0 Å². The first-order chi connectivity index (χ1) is 8.48. The molecule has 0 aliphatic heterocycles. The van der Waals surface area contributed by atoms with Crippen LogP contribution in [0, 0.1) is 11.3 Å². The van der Waals surface area contributed by atoms with Gasteiger partial charge in [-0.05, 0) is 18.2 Å². The maximum atomic E-state index is 11.4. The van der Waals surface area contributed by atoms with Crippen LogP contribution in [0.5, 0.6) is 0 Å². The van der Waals surface area contributed by atoms with Crippen molar-refractivity contribution in [2.24, 2.45) is 0 Å². The minimum atomic E-state index is -3.23. The third kappa shape index (κ3) is 4.24. The van der Waals surface area contributed by atoms with Gasteiger partial charge >= 0.3 is 0 Å². The zero-order chi connectivity index (χ0) is 13.6. The van der Waals surface area contributed by atoms with Crippen LogP contribution < -0.4 is 15.8 Å². The number of rotatable bonds is 6. The van der Waals surface area contributed by atoms with Gasteiger partial charge in [0, 0.05) is 24.5 Å². The summed E-state index contributed by atoms with van der Waals surface area (Å²) in [6, 6.07) is 6.87. The van der Waals surface area contributed by atoms with Crippen molar-refractivity contribution in [3.05, 3.63) is 23.8 Å². The number of hydrogen-bond donors (Lipinski definition) is 3. The Kier molecular flexibility index (Phi) is 4.95. The number of nitrogens with zero attached hydrogens (tertiary/aromatic N) is 1. The lowest BCUT2D eigenvalue weighted by Gasteiger charge is -2.08. The quantitative estimate of drug-likeness (QED) is 0.651. The summed E-state index contributed by atoms with van der Waals surface area (Å²) in [5, 5.41) is 11.7. The Morgan fingerprint density at radius 1 is 1.44 bits per heavy atom. The van der Waals surface area contributed by atoms with E-state index in [4.69, 9.17) is 11.0 Å². The van der Waals surface area contributed by atoms with E-state index in [9.17, 15) is 8.42 Å². The summed E-state index contributed by atoms with van der Waals surface area (Å²) < 4.78 is 25.1. The lowest BCUT2D eigenvalue weighted by atomic mass is 10.2. The molecule has 0 aliphatic rings. The number of sulfonamides is 1. The topological polar surface area (TPSA) is 108 Å². The van der Waals surface area contributed by atoms with Gasteiger partial charge in [-0.15, -0.1) is 0 Å². The van der Waals surface area contributed by atoms with E-state index in [1.54, 1.807) is 25.1 Å². The average molecular weight is 268 g/mol. The van der Waals surface area contributed by atoms with Crippen molar-refractivity contribution in [2.75, 3.05) is 29.9 Å². The second kappa shape index (κ2) is 6.23. The fourth-order valence-electron chi connectivity index (χ4n) is 1.38. The average Bonchev–Trinajstić information content (AvgIpc) is 2.31. The predicted octanol–water partition coefficient (Wildman–Crippen LogP) is 0.492. The first-order valence-electron chi connectivity index (χ1n) is 5.49. The number of nitriles is 1. The molecule has 0 aromatic heterocycles. The standard InChI is InChI=1S/C11H16N4O2S/c1-2-15-18(16,17)6-5-14-10-3-4-11(13)9(7-10)8-12/h3-4,7,14-15H,2,5-6,13H2,1H3. The lowest BCUT2D eigenvalue weighted by Crippen LogP contribution is -2.29. The van der Waals surface area contributed by atoms with Crippen molar-refractivity contribution in [1.82, 2.24) is 4.72 Å². The maximum absolute atomic E-state index is 11.4. The van der Waals surface area contributed by atoms with Crippen LogP contribution in [0.4, 0.5) is 11.4 Å². The van der Waals surface area contributed by atoms with Crippen molar-refractivity contribution >= 4 is 21.4 Å². The molecule has 0 radical (unpaired) electrons. The van der Waals surface area contributed by atoms with Gasteiger partial charge in [-0.1, -0.05) is 6.92 Å². The van der Waals surface area contributed by atoms with Gasteiger partial charge in [0.05, 0.1) is 11.3 Å². The van der Waals surface area contributed by atoms with Gasteiger partial charge in [0.1, 0.15) is 6.07 Å². The summed E-state index contributed by atoms with van der Waals surface area (Å²) in [4.78, 5) is 0. The van der Waals surface area contributed by atoms with Gasteiger partial charge < -0.3 is 11.1 Å². The Morgan fingerprint density at radius 3 is 2.78 bits per heavy atom. The molecule has 0 fully saturated rings. The predicted molar refractivity (Wildman–Crippen MR) is 71.5 cm³/mol. The zero-order valence-corrected chi connectivity index (χ0v) is 10.9. The molecular formula is C11H16N4O2S. The van der Waals surface area contributed by atoms with Crippen LogP contribution in [0.1, 0.15) is 12.5 Å². The largest absolute Gasteiger partial charge is 0.398 e. The van der Waals surface area contributed by atoms with Crippen LogP contribution in [0.15, 0.2) is 18.2 Å². The van der Waals surface area contributed by atoms with Crippen LogP contribution in [-0.4, -0.2) is 27.3 Å². The van der Waals surface area contributed by atoms with Crippen LogP contribution >= 0.6 is 0 Å². The SMILES string of the molecule is CCNS(=O)(=O)CCNc1ccc(N)c(C#N)c1. The Hall–Kier alpha value is -1.78. The second-order valence-electron chi connectivity index (χ2n) is 3.66. The summed E-state index contributed by atoms with van der Waals surface area (Å²) in [6.07, 6.45) is 0. The molecule has 1 aromatic carbocycles. The summed E-state index contributed by atoms with van der Waals surface area (Å²) in [7, 11) is -3.23. The number of hydrogen-bond acceptors (Lipinski definition) is 5. The monoisotopic (exact) mass is 268 g/mol. The van der Waals surface area contributed by atoms with Crippen molar-refractivity contribution in [3.63, 3.8) is 0 Å². The third-order valence-electron chi connectivity index (χ3n) is 2.24. The van der Waals surface area contributed by atoms with E-state index in [1.165, 1.54) is 0 Å². The molecule has 0 spiro atoms. The molecule has 0 saturated carbocycles. The number of nitrogens with two attached hydrogens (primary N) is 1. The highest BCUT2D eigenvalue weighted by Gasteiger charge is 2.07. The maximum Gasteiger partial charge on any atom is 0.213 e. The minimum absolute atomic E-state index is 0.0207. The molecule has 7 heteroatoms. The molecule has 18 heavy (non-hydrogen) atoms. The zero-order valence-electron chi connectivity index (χ0n) is 10.1. The Labute approximate surface area is 107 Å². The van der Waals surface area contributed by atoms with E-state index in [2.05, 4.69) is 10.0 Å². The van der Waals surface area contributed by atoms with E-state index >= 15 is 0 Å². The highest BCUT2D eigenvalue weighted by Crippen LogP contribution is 2.16. The Bertz CT molecular complexity index is 549. The Morgan fingerprint density at radius 2 is 2.17 bits per heavy atom. The summed E-state index contributed by atoms with van der Waals surface area (Å²) in [5.41, 5.74) is 7.03. The van der Waals surface area contributed by atoms with E-state index in [0.717, 1.165) is 0 Å². The number of nitrogens with one attached hydrogen (secondary N) is 2. The van der Waals surface area contributed by atoms with Gasteiger partial charge in [-0.3, -0.25) is 0 Å². The first-order valence-corrected chi connectivity index (χ1v) is 7.14. The van der Waals surface area contributed by atoms with Gasteiger partial charge in [0.15, 0.2) is 0 Å². The molecule has 0 saturated heterocycles. The van der Waals surface area contributed by atoms with Gasteiger partial charge in [-0.2, -0.15) is 5.26 Å². The molecule has 6 nitrogen and oxygen atoms in total. The third-order valence-corrected chi connectivity index (χ3v) is 3.71. The van der Waals surface area contributed by atoms with E-state index < -0.39 is 10.0 Å². The van der Waals surface area contributed by atoms with Gasteiger partial charge in [0.25, 0.3) is 0 Å². The smallest absolute Gasteiger partial charge is 0.213 e. The number of benzene rings is 1. The normalized spacial score (nSPS) is 10.9. The van der Waals surface area contributed by atoms with E-state index in [0.29, 0.717) is 23.5 Å². The van der Waals surface area contributed by atoms with E-state index in [-0.39, 0.29) is 12.3 Å². The number of anilines is 2. The minimum Gasteiger partial charge on any atom is -0.398 e. The lowest BCUT2D eigenvalue weighted by molar-refractivity contribution is 0.584. The molecule has 0 atom stereocenters. The van der Waals surface area contributed by atoms with Crippen molar-refractivity contribution in [2.45, 2.75) is 6.92 Å². The number of nitrogen functional groups attached to an aromatic ring is 1. The highest BCUT2D eigenvalue weighted by atomic mass is 32.2. The molecule has 0 bridgehead atoms. The molecule has 1 rings (SSSR count). The molecule has 0 unspecified atom stereocenters. The summed E-state index contributed by atoms with van der Waals surface area (Å²) in [6.45, 7) is 2.37. The molecule has 0 aliphatic carbocycles. The van der Waals surface area contributed by atoms with Crippen LogP contribution in [-0.2, 0) is 10.0 Å². The highest BCUT2D eigenvalue weighted by molar-refractivity contribution is 7.89. The fraction of sp³-hybridized carbons (Fsp3) is 0.364. The molecule has 4 N–H and O–H groups in total. The van der Waals surface area contributed by atoms with Gasteiger partial charge in [0.2, 0.25) is 10.0 Å². The Balaban J connectivity index is 2.58. The second-order valence-corrected chi connectivity index (χ2v) is 5.58. The van der Waals surface area contributed by atoms with Crippen molar-refractivity contribution in [1.29, 1.82) is 5.26 Å². The molecule has 0 heterocycles. The summed E-state index contributed by atoms with van der Waals surface area (Å²) in [5.74, 6) is -0.0207. The van der Waals surface area contributed by atoms with E-state index in [1.807, 2.05) is 6.07 Å². The fourth-order valence-corrected chi connectivity index (χ4v) is 2.34. The first kappa shape index (κ1) is 14.3. The van der Waals surface area contributed by atoms with Crippen LogP contribution in [0.2, 0.25) is 0 Å². The molecular weight excluding hydrogens is 252 g/mol. The van der Waals surface area contributed by atoms with Crippen molar-refractivity contribution in [3.8, 4) is 6.07 Å². The summed E-state index contributed by atoms with van der Waals surface area (Å²) >= 11 is 0. The van der Waals surface area contributed by atoms with Crippen molar-refractivity contribution < 1.29 is 8.42 Å². The molecule has 1 aromatic rings. The van der Waals surface area contributed by atoms with Gasteiger partial charge in [-0.25, -0.2) is 13.1 Å². The van der Waals surface area contributed by atoms with Crippen LogP contribution in [0.25, 0.3) is 0 Å². The molecule has 0 amide bonds. The molecule has 98 valence electrons.